The summed E-state index contributed by atoms with van der Waals surface area (Å²) in [6.45, 7) is 1.53. The standard InChI is InChI=1S/C25H27NO4/c1-29-23-10-9-21(14-24(23)30-2)19-5-6-20-13-22(8-7-18(20)12-19)25(28)26-11-3-4-17(15-26)16-27/h5-10,12-14,17,27H,3-4,11,15-16H2,1-2H3. The first-order valence-corrected chi connectivity index (χ1v) is 10.3. The molecule has 0 spiro atoms. The van der Waals surface area contributed by atoms with Crippen molar-refractivity contribution in [1.29, 1.82) is 0 Å². The molecule has 4 rings (SSSR count). The zero-order valence-corrected chi connectivity index (χ0v) is 17.4. The van der Waals surface area contributed by atoms with E-state index in [2.05, 4.69) is 12.1 Å². The molecule has 1 aliphatic rings. The highest BCUT2D eigenvalue weighted by molar-refractivity contribution is 5.99. The molecular weight excluding hydrogens is 378 g/mol. The van der Waals surface area contributed by atoms with Gasteiger partial charge >= 0.3 is 0 Å². The maximum atomic E-state index is 12.9. The van der Waals surface area contributed by atoms with Crippen LogP contribution in [0.5, 0.6) is 11.5 Å². The third-order valence-electron chi connectivity index (χ3n) is 5.87. The van der Waals surface area contributed by atoms with Crippen molar-refractivity contribution < 1.29 is 19.4 Å². The Bertz CT molecular complexity index is 1060. The molecule has 0 aliphatic carbocycles. The average molecular weight is 405 g/mol. The largest absolute Gasteiger partial charge is 0.493 e. The Kier molecular flexibility index (Phi) is 5.91. The third kappa shape index (κ3) is 3.98. The number of hydrogen-bond donors (Lipinski definition) is 1. The second-order valence-corrected chi connectivity index (χ2v) is 7.79. The SMILES string of the molecule is COc1ccc(-c2ccc3cc(C(=O)N4CCCC(CO)C4)ccc3c2)cc1OC. The smallest absolute Gasteiger partial charge is 0.253 e. The van der Waals surface area contributed by atoms with Crippen molar-refractivity contribution >= 4 is 16.7 Å². The Hall–Kier alpha value is -3.05. The predicted molar refractivity (Wildman–Crippen MR) is 118 cm³/mol. The van der Waals surface area contributed by atoms with Gasteiger partial charge in [0.25, 0.3) is 5.91 Å². The van der Waals surface area contributed by atoms with Crippen LogP contribution in [0, 0.1) is 5.92 Å². The number of benzene rings is 3. The first kappa shape index (κ1) is 20.2. The number of amides is 1. The van der Waals surface area contributed by atoms with Gasteiger partial charge in [0, 0.05) is 25.3 Å². The van der Waals surface area contributed by atoms with Crippen LogP contribution in [0.4, 0.5) is 0 Å². The molecule has 30 heavy (non-hydrogen) atoms. The maximum absolute atomic E-state index is 12.9. The van der Waals surface area contributed by atoms with Crippen LogP contribution in [-0.4, -0.2) is 49.8 Å². The lowest BCUT2D eigenvalue weighted by molar-refractivity contribution is 0.0621. The first-order chi connectivity index (χ1) is 14.6. The van der Waals surface area contributed by atoms with Gasteiger partial charge in [0.15, 0.2) is 11.5 Å². The van der Waals surface area contributed by atoms with Crippen LogP contribution in [0.2, 0.25) is 0 Å². The molecule has 156 valence electrons. The van der Waals surface area contributed by atoms with Crippen molar-refractivity contribution in [3.63, 3.8) is 0 Å². The second-order valence-electron chi connectivity index (χ2n) is 7.79. The zero-order valence-electron chi connectivity index (χ0n) is 17.4. The van der Waals surface area contributed by atoms with E-state index < -0.39 is 0 Å². The van der Waals surface area contributed by atoms with Gasteiger partial charge in [0.2, 0.25) is 0 Å². The molecule has 3 aromatic carbocycles. The Morgan fingerprint density at radius 3 is 2.43 bits per heavy atom. The monoisotopic (exact) mass is 405 g/mol. The molecule has 0 bridgehead atoms. The third-order valence-corrected chi connectivity index (χ3v) is 5.87. The molecule has 1 N–H and O–H groups in total. The number of rotatable bonds is 5. The summed E-state index contributed by atoms with van der Waals surface area (Å²) in [5, 5.41) is 11.5. The second kappa shape index (κ2) is 8.76. The number of aliphatic hydroxyl groups is 1. The van der Waals surface area contributed by atoms with Crippen LogP contribution in [0.25, 0.3) is 21.9 Å². The highest BCUT2D eigenvalue weighted by Gasteiger charge is 2.24. The van der Waals surface area contributed by atoms with E-state index in [1.54, 1.807) is 14.2 Å². The van der Waals surface area contributed by atoms with Crippen molar-refractivity contribution in [3.05, 3.63) is 60.2 Å². The quantitative estimate of drug-likeness (QED) is 0.685. The van der Waals surface area contributed by atoms with Gasteiger partial charge in [-0.2, -0.15) is 0 Å². The van der Waals surface area contributed by atoms with E-state index in [9.17, 15) is 9.90 Å². The summed E-state index contributed by atoms with van der Waals surface area (Å²) < 4.78 is 10.7. The van der Waals surface area contributed by atoms with Crippen LogP contribution in [0.3, 0.4) is 0 Å². The molecule has 0 aromatic heterocycles. The molecule has 1 fully saturated rings. The zero-order chi connectivity index (χ0) is 21.1. The highest BCUT2D eigenvalue weighted by atomic mass is 16.5. The van der Waals surface area contributed by atoms with E-state index in [1.165, 1.54) is 0 Å². The molecule has 1 aliphatic heterocycles. The van der Waals surface area contributed by atoms with Crippen LogP contribution in [-0.2, 0) is 0 Å². The summed E-state index contributed by atoms with van der Waals surface area (Å²) in [5.41, 5.74) is 2.81. The van der Waals surface area contributed by atoms with E-state index in [1.807, 2.05) is 47.4 Å². The Morgan fingerprint density at radius 2 is 1.67 bits per heavy atom. The van der Waals surface area contributed by atoms with Crippen molar-refractivity contribution in [2.45, 2.75) is 12.8 Å². The van der Waals surface area contributed by atoms with Gasteiger partial charge in [-0.05, 0) is 71.0 Å². The summed E-state index contributed by atoms with van der Waals surface area (Å²) in [4.78, 5) is 14.8. The van der Waals surface area contributed by atoms with Gasteiger partial charge in [-0.15, -0.1) is 0 Å². The fourth-order valence-corrected chi connectivity index (χ4v) is 4.16. The summed E-state index contributed by atoms with van der Waals surface area (Å²) in [7, 11) is 3.26. The van der Waals surface area contributed by atoms with Crippen molar-refractivity contribution in [1.82, 2.24) is 4.90 Å². The van der Waals surface area contributed by atoms with Gasteiger partial charge in [0.1, 0.15) is 0 Å². The molecule has 1 atom stereocenters. The Balaban J connectivity index is 1.60. The molecule has 1 heterocycles. The summed E-state index contributed by atoms with van der Waals surface area (Å²) in [6.07, 6.45) is 1.93. The number of carbonyl (C=O) groups is 1. The minimum atomic E-state index is 0.0408. The lowest BCUT2D eigenvalue weighted by Crippen LogP contribution is -2.40. The van der Waals surface area contributed by atoms with E-state index >= 15 is 0 Å². The van der Waals surface area contributed by atoms with Gasteiger partial charge in [-0.1, -0.05) is 24.3 Å². The minimum absolute atomic E-state index is 0.0408. The molecule has 1 saturated heterocycles. The summed E-state index contributed by atoms with van der Waals surface area (Å²) in [6, 6.07) is 17.9. The van der Waals surface area contributed by atoms with Gasteiger partial charge in [0.05, 0.1) is 14.2 Å². The Morgan fingerprint density at radius 1 is 0.967 bits per heavy atom. The minimum Gasteiger partial charge on any atom is -0.493 e. The lowest BCUT2D eigenvalue weighted by atomic mass is 9.97. The van der Waals surface area contributed by atoms with Crippen LogP contribution in [0.15, 0.2) is 54.6 Å². The van der Waals surface area contributed by atoms with Crippen LogP contribution in [0.1, 0.15) is 23.2 Å². The number of carbonyl (C=O) groups excluding carboxylic acids is 1. The Labute approximate surface area is 176 Å². The van der Waals surface area contributed by atoms with Gasteiger partial charge in [-0.3, -0.25) is 4.79 Å². The molecular formula is C25H27NO4. The topological polar surface area (TPSA) is 59.0 Å². The molecule has 0 saturated carbocycles. The normalized spacial score (nSPS) is 16.5. The number of likely N-dealkylation sites (tertiary alicyclic amines) is 1. The molecule has 3 aromatic rings. The van der Waals surface area contributed by atoms with Crippen LogP contribution >= 0.6 is 0 Å². The predicted octanol–water partition coefficient (Wildman–Crippen LogP) is 4.37. The molecule has 0 radical (unpaired) electrons. The molecule has 5 nitrogen and oxygen atoms in total. The molecule has 5 heteroatoms. The number of nitrogens with zero attached hydrogens (tertiary/aromatic N) is 1. The fraction of sp³-hybridized carbons (Fsp3) is 0.320. The van der Waals surface area contributed by atoms with Crippen molar-refractivity contribution in [3.8, 4) is 22.6 Å². The van der Waals surface area contributed by atoms with Crippen molar-refractivity contribution in [2.24, 2.45) is 5.92 Å². The average Bonchev–Trinajstić information content (AvgIpc) is 2.82. The van der Waals surface area contributed by atoms with Crippen molar-refractivity contribution in [2.75, 3.05) is 33.9 Å². The fourth-order valence-electron chi connectivity index (χ4n) is 4.16. The van der Waals surface area contributed by atoms with E-state index in [-0.39, 0.29) is 18.4 Å². The first-order valence-electron chi connectivity index (χ1n) is 10.3. The van der Waals surface area contributed by atoms with E-state index in [0.717, 1.165) is 41.3 Å². The number of fused-ring (bicyclic) bond motifs is 1. The number of aliphatic hydroxyl groups excluding tert-OH is 1. The summed E-state index contributed by atoms with van der Waals surface area (Å²) in [5.74, 6) is 1.62. The number of methoxy groups -OCH3 is 2. The van der Waals surface area contributed by atoms with Crippen LogP contribution < -0.4 is 9.47 Å². The number of ether oxygens (including phenoxy) is 2. The highest BCUT2D eigenvalue weighted by Crippen LogP contribution is 2.33. The van der Waals surface area contributed by atoms with Gasteiger partial charge < -0.3 is 19.5 Å². The van der Waals surface area contributed by atoms with E-state index in [0.29, 0.717) is 23.6 Å². The summed E-state index contributed by atoms with van der Waals surface area (Å²) >= 11 is 0. The molecule has 1 amide bonds. The maximum Gasteiger partial charge on any atom is 0.253 e. The molecule has 1 unspecified atom stereocenters. The van der Waals surface area contributed by atoms with E-state index in [4.69, 9.17) is 9.47 Å². The lowest BCUT2D eigenvalue weighted by Gasteiger charge is -2.32. The number of hydrogen-bond acceptors (Lipinski definition) is 4. The number of piperidine rings is 1. The van der Waals surface area contributed by atoms with Gasteiger partial charge in [-0.25, -0.2) is 0 Å².